The lowest BCUT2D eigenvalue weighted by atomic mass is 10.1. The lowest BCUT2D eigenvalue weighted by Crippen LogP contribution is -2.30. The van der Waals surface area contributed by atoms with Crippen molar-refractivity contribution in [3.63, 3.8) is 0 Å². The number of amides is 1. The molecule has 1 aromatic carbocycles. The number of fused-ring (bicyclic) bond motifs is 1. The van der Waals surface area contributed by atoms with Crippen molar-refractivity contribution in [2.75, 3.05) is 16.9 Å². The van der Waals surface area contributed by atoms with Crippen molar-refractivity contribution in [2.24, 2.45) is 5.84 Å². The van der Waals surface area contributed by atoms with Gasteiger partial charge in [-0.15, -0.1) is 10.2 Å². The van der Waals surface area contributed by atoms with Gasteiger partial charge >= 0.3 is 0 Å². The summed E-state index contributed by atoms with van der Waals surface area (Å²) in [5.41, 5.74) is 4.08. The highest BCUT2D eigenvalue weighted by atomic mass is 19.1. The minimum absolute atomic E-state index is 0.195. The van der Waals surface area contributed by atoms with Gasteiger partial charge in [-0.2, -0.15) is 0 Å². The van der Waals surface area contributed by atoms with Crippen LogP contribution in [0.4, 0.5) is 15.9 Å². The van der Waals surface area contributed by atoms with Gasteiger partial charge in [-0.25, -0.2) is 10.2 Å². The van der Waals surface area contributed by atoms with Crippen LogP contribution in [0.5, 0.6) is 0 Å². The standard InChI is InChI=1S/C13H12FN5O/c14-9-2-1-8-5-6-19(11(8)7-9)13(20)10-3-4-12(16-15)18-17-10/h1-4,7H,5-6,15H2,(H,16,18). The lowest BCUT2D eigenvalue weighted by Gasteiger charge is -2.16. The predicted molar refractivity (Wildman–Crippen MR) is 71.6 cm³/mol. The highest BCUT2D eigenvalue weighted by Crippen LogP contribution is 2.29. The van der Waals surface area contributed by atoms with Crippen LogP contribution in [0.25, 0.3) is 0 Å². The average molecular weight is 273 g/mol. The molecule has 0 bridgehead atoms. The van der Waals surface area contributed by atoms with E-state index in [0.717, 1.165) is 5.56 Å². The molecule has 3 rings (SSSR count). The average Bonchev–Trinajstić information content (AvgIpc) is 2.89. The third-order valence-corrected chi connectivity index (χ3v) is 3.22. The number of hydrogen-bond acceptors (Lipinski definition) is 5. The summed E-state index contributed by atoms with van der Waals surface area (Å²) >= 11 is 0. The van der Waals surface area contributed by atoms with Gasteiger partial charge in [0.05, 0.1) is 5.69 Å². The van der Waals surface area contributed by atoms with Crippen LogP contribution in [-0.4, -0.2) is 22.6 Å². The minimum Gasteiger partial charge on any atom is -0.307 e. The number of nitrogens with one attached hydrogen (secondary N) is 1. The molecule has 1 aliphatic heterocycles. The van der Waals surface area contributed by atoms with Gasteiger partial charge in [0.15, 0.2) is 11.5 Å². The Hall–Kier alpha value is -2.54. The zero-order valence-electron chi connectivity index (χ0n) is 10.5. The van der Waals surface area contributed by atoms with Gasteiger partial charge in [-0.3, -0.25) is 4.79 Å². The normalized spacial score (nSPS) is 13.2. The molecule has 6 nitrogen and oxygen atoms in total. The van der Waals surface area contributed by atoms with Crippen molar-refractivity contribution >= 4 is 17.4 Å². The first-order valence-electron chi connectivity index (χ1n) is 6.09. The fraction of sp³-hybridized carbons (Fsp3) is 0.154. The van der Waals surface area contributed by atoms with Crippen LogP contribution >= 0.6 is 0 Å². The molecule has 1 aliphatic rings. The maximum atomic E-state index is 13.3. The van der Waals surface area contributed by atoms with E-state index in [1.165, 1.54) is 23.1 Å². The van der Waals surface area contributed by atoms with Crippen LogP contribution in [0.2, 0.25) is 0 Å². The number of nitrogen functional groups attached to an aromatic ring is 1. The Morgan fingerprint density at radius 2 is 2.15 bits per heavy atom. The largest absolute Gasteiger partial charge is 0.307 e. The van der Waals surface area contributed by atoms with Crippen LogP contribution in [0.15, 0.2) is 30.3 Å². The Kier molecular flexibility index (Phi) is 3.03. The smallest absolute Gasteiger partial charge is 0.278 e. The summed E-state index contributed by atoms with van der Waals surface area (Å²) in [6.45, 7) is 0.510. The van der Waals surface area contributed by atoms with Crippen LogP contribution < -0.4 is 16.2 Å². The van der Waals surface area contributed by atoms with Crippen LogP contribution in [0.3, 0.4) is 0 Å². The molecule has 0 fully saturated rings. The quantitative estimate of drug-likeness (QED) is 0.632. The van der Waals surface area contributed by atoms with Gasteiger partial charge in [-0.05, 0) is 36.2 Å². The Bertz CT molecular complexity index is 658. The molecule has 2 heterocycles. The van der Waals surface area contributed by atoms with E-state index in [1.54, 1.807) is 12.1 Å². The molecule has 20 heavy (non-hydrogen) atoms. The van der Waals surface area contributed by atoms with E-state index in [9.17, 15) is 9.18 Å². The van der Waals surface area contributed by atoms with E-state index >= 15 is 0 Å². The summed E-state index contributed by atoms with van der Waals surface area (Å²) in [5, 5.41) is 7.57. The Balaban J connectivity index is 1.91. The zero-order valence-corrected chi connectivity index (χ0v) is 10.5. The number of carbonyl (C=O) groups is 1. The van der Waals surface area contributed by atoms with Crippen molar-refractivity contribution in [1.29, 1.82) is 0 Å². The molecule has 1 amide bonds. The van der Waals surface area contributed by atoms with E-state index in [2.05, 4.69) is 15.6 Å². The Labute approximate surface area is 114 Å². The Morgan fingerprint density at radius 3 is 2.85 bits per heavy atom. The second kappa shape index (κ2) is 4.86. The zero-order chi connectivity index (χ0) is 14.1. The number of benzene rings is 1. The van der Waals surface area contributed by atoms with E-state index in [4.69, 9.17) is 5.84 Å². The fourth-order valence-corrected chi connectivity index (χ4v) is 2.22. The number of halogens is 1. The predicted octanol–water partition coefficient (Wildman–Crippen LogP) is 1.10. The number of anilines is 2. The number of hydrogen-bond donors (Lipinski definition) is 2. The molecule has 7 heteroatoms. The maximum Gasteiger partial charge on any atom is 0.278 e. The van der Waals surface area contributed by atoms with Gasteiger partial charge in [-0.1, -0.05) is 6.07 Å². The van der Waals surface area contributed by atoms with E-state index in [1.807, 2.05) is 0 Å². The van der Waals surface area contributed by atoms with E-state index in [0.29, 0.717) is 24.5 Å². The molecule has 0 aliphatic carbocycles. The third-order valence-electron chi connectivity index (χ3n) is 3.22. The molecule has 0 radical (unpaired) electrons. The van der Waals surface area contributed by atoms with Crippen molar-refractivity contribution in [2.45, 2.75) is 6.42 Å². The summed E-state index contributed by atoms with van der Waals surface area (Å²) in [6, 6.07) is 7.55. The van der Waals surface area contributed by atoms with E-state index < -0.39 is 0 Å². The van der Waals surface area contributed by atoms with Gasteiger partial charge < -0.3 is 10.3 Å². The molecule has 3 N–H and O–H groups in total. The highest BCUT2D eigenvalue weighted by Gasteiger charge is 2.26. The second-order valence-electron chi connectivity index (χ2n) is 4.43. The Morgan fingerprint density at radius 1 is 1.30 bits per heavy atom. The number of rotatable bonds is 2. The van der Waals surface area contributed by atoms with Crippen LogP contribution in [-0.2, 0) is 6.42 Å². The second-order valence-corrected chi connectivity index (χ2v) is 4.43. The van der Waals surface area contributed by atoms with Crippen molar-refractivity contribution in [1.82, 2.24) is 10.2 Å². The minimum atomic E-state index is -0.364. The first kappa shape index (κ1) is 12.5. The number of carbonyl (C=O) groups excluding carboxylic acids is 1. The SMILES string of the molecule is NNc1ccc(C(=O)N2CCc3ccc(F)cc32)nn1. The van der Waals surface area contributed by atoms with Gasteiger partial charge in [0.2, 0.25) is 0 Å². The summed E-state index contributed by atoms with van der Waals surface area (Å²) < 4.78 is 13.3. The molecule has 0 atom stereocenters. The first-order valence-corrected chi connectivity index (χ1v) is 6.09. The summed E-state index contributed by atoms with van der Waals surface area (Å²) in [5.74, 6) is 4.89. The highest BCUT2D eigenvalue weighted by molar-refractivity contribution is 6.06. The molecular formula is C13H12FN5O. The van der Waals surface area contributed by atoms with Crippen molar-refractivity contribution < 1.29 is 9.18 Å². The maximum absolute atomic E-state index is 13.3. The van der Waals surface area contributed by atoms with Crippen molar-refractivity contribution in [3.05, 3.63) is 47.4 Å². The van der Waals surface area contributed by atoms with Gasteiger partial charge in [0.25, 0.3) is 5.91 Å². The number of nitrogens with two attached hydrogens (primary N) is 1. The first-order chi connectivity index (χ1) is 9.69. The summed E-state index contributed by atoms with van der Waals surface area (Å²) in [6.07, 6.45) is 0.706. The van der Waals surface area contributed by atoms with Gasteiger partial charge in [0.1, 0.15) is 5.82 Å². The van der Waals surface area contributed by atoms with Crippen molar-refractivity contribution in [3.8, 4) is 0 Å². The van der Waals surface area contributed by atoms with E-state index in [-0.39, 0.29) is 17.4 Å². The van der Waals surface area contributed by atoms with Crippen LogP contribution in [0.1, 0.15) is 16.1 Å². The molecule has 0 saturated carbocycles. The molecule has 1 aromatic heterocycles. The molecule has 2 aromatic rings. The van der Waals surface area contributed by atoms with Gasteiger partial charge in [0, 0.05) is 6.54 Å². The topological polar surface area (TPSA) is 84.1 Å². The lowest BCUT2D eigenvalue weighted by molar-refractivity contribution is 0.0983. The molecule has 102 valence electrons. The van der Waals surface area contributed by atoms with Crippen LogP contribution in [0, 0.1) is 5.82 Å². The molecular weight excluding hydrogens is 261 g/mol. The fourth-order valence-electron chi connectivity index (χ4n) is 2.22. The molecule has 0 unspecified atom stereocenters. The molecule has 0 saturated heterocycles. The monoisotopic (exact) mass is 273 g/mol. The molecule has 0 spiro atoms. The summed E-state index contributed by atoms with van der Waals surface area (Å²) in [7, 11) is 0. The number of aromatic nitrogens is 2. The number of nitrogens with zero attached hydrogens (tertiary/aromatic N) is 3. The number of hydrazine groups is 1. The third kappa shape index (κ3) is 2.08. The summed E-state index contributed by atoms with van der Waals surface area (Å²) in [4.78, 5) is 13.9.